The number of aromatic nitrogens is 3. The fourth-order valence-corrected chi connectivity index (χ4v) is 3.71. The van der Waals surface area contributed by atoms with Gasteiger partial charge in [0.15, 0.2) is 5.75 Å². The molecule has 0 spiro atoms. The zero-order valence-electron chi connectivity index (χ0n) is 15.7. The van der Waals surface area contributed by atoms with Crippen LogP contribution in [-0.4, -0.2) is 76.0 Å². The van der Waals surface area contributed by atoms with Crippen LogP contribution in [0.5, 0.6) is 11.5 Å². The van der Waals surface area contributed by atoms with E-state index >= 15 is 0 Å². The molecule has 1 N–H and O–H groups in total. The fraction of sp³-hybridized carbons (Fsp3) is 0.368. The van der Waals surface area contributed by atoms with Gasteiger partial charge in [0, 0.05) is 35.6 Å². The molecule has 0 saturated heterocycles. The van der Waals surface area contributed by atoms with E-state index in [0.29, 0.717) is 30.7 Å². The molecule has 0 aliphatic carbocycles. The van der Waals surface area contributed by atoms with E-state index in [0.717, 1.165) is 28.0 Å². The number of ether oxygens (including phenoxy) is 3. The molecule has 3 rings (SSSR count). The van der Waals surface area contributed by atoms with E-state index in [1.807, 2.05) is 32.0 Å². The van der Waals surface area contributed by atoms with Gasteiger partial charge in [-0.25, -0.2) is 0 Å². The predicted molar refractivity (Wildman–Crippen MR) is 111 cm³/mol. The summed E-state index contributed by atoms with van der Waals surface area (Å²) in [6, 6.07) is 7.31. The van der Waals surface area contributed by atoms with Crippen LogP contribution in [0.3, 0.4) is 0 Å². The first kappa shape index (κ1) is 23.0. The first-order valence-corrected chi connectivity index (χ1v) is 10.0. The maximum absolute atomic E-state index is 12.8. The Labute approximate surface area is 189 Å². The number of imidazole rings is 1. The summed E-state index contributed by atoms with van der Waals surface area (Å²) in [5, 5.41) is 0.419. The number of pyridine rings is 1. The summed E-state index contributed by atoms with van der Waals surface area (Å²) in [5.41, 5.74) is 3.13. The van der Waals surface area contributed by atoms with Crippen LogP contribution < -0.4 is 9.47 Å². The van der Waals surface area contributed by atoms with E-state index in [-0.39, 0.29) is 35.3 Å². The molecule has 0 saturated carbocycles. The number of hydrogen-bond donors (Lipinski definition) is 1. The van der Waals surface area contributed by atoms with Crippen molar-refractivity contribution in [2.75, 3.05) is 26.9 Å². The SMILES string of the molecule is CCOCCOc1ccnc(C[S+]([O-])c2nc3cc(OC)ccc3[nH]2)c1C.[NaH]. The van der Waals surface area contributed by atoms with Crippen molar-refractivity contribution in [2.45, 2.75) is 24.8 Å². The number of hydrogen-bond acceptors (Lipinski definition) is 6. The Morgan fingerprint density at radius 1 is 1.21 bits per heavy atom. The Kier molecular flexibility index (Phi) is 9.07. The first-order valence-electron chi connectivity index (χ1n) is 8.69. The summed E-state index contributed by atoms with van der Waals surface area (Å²) in [6.45, 7) is 5.51. The van der Waals surface area contributed by atoms with Crippen LogP contribution in [0.4, 0.5) is 0 Å². The minimum absolute atomic E-state index is 0. The number of nitrogens with zero attached hydrogens (tertiary/aromatic N) is 2. The molecule has 0 amide bonds. The Balaban J connectivity index is 0.00000280. The van der Waals surface area contributed by atoms with Gasteiger partial charge in [0.1, 0.15) is 18.1 Å². The van der Waals surface area contributed by atoms with Gasteiger partial charge in [-0.05, 0) is 32.0 Å². The van der Waals surface area contributed by atoms with Gasteiger partial charge in [-0.2, -0.15) is 4.98 Å². The van der Waals surface area contributed by atoms with Crippen LogP contribution in [0.25, 0.3) is 11.0 Å². The summed E-state index contributed by atoms with van der Waals surface area (Å²) in [5.74, 6) is 1.69. The molecule has 7 nitrogen and oxygen atoms in total. The number of benzene rings is 1. The van der Waals surface area contributed by atoms with E-state index in [1.165, 1.54) is 0 Å². The van der Waals surface area contributed by atoms with Crippen LogP contribution in [0, 0.1) is 6.92 Å². The Morgan fingerprint density at radius 2 is 2.04 bits per heavy atom. The van der Waals surface area contributed by atoms with Crippen molar-refractivity contribution in [3.63, 3.8) is 0 Å². The van der Waals surface area contributed by atoms with Crippen molar-refractivity contribution in [1.82, 2.24) is 15.0 Å². The van der Waals surface area contributed by atoms with Crippen LogP contribution in [-0.2, 0) is 21.7 Å². The summed E-state index contributed by atoms with van der Waals surface area (Å²) in [7, 11) is 1.60. The molecule has 9 heteroatoms. The molecular formula is C19H24N3NaO4S. The third kappa shape index (κ3) is 5.62. The van der Waals surface area contributed by atoms with Gasteiger partial charge in [0.25, 0.3) is 0 Å². The molecule has 1 aromatic carbocycles. The van der Waals surface area contributed by atoms with Crippen molar-refractivity contribution in [3.05, 3.63) is 41.7 Å². The number of aromatic amines is 1. The number of rotatable bonds is 9. The summed E-state index contributed by atoms with van der Waals surface area (Å²) < 4.78 is 29.0. The topological polar surface area (TPSA) is 92.3 Å². The minimum atomic E-state index is -1.35. The Hall–Kier alpha value is -1.29. The monoisotopic (exact) mass is 413 g/mol. The number of H-pyrrole nitrogens is 1. The number of fused-ring (bicyclic) bond motifs is 1. The molecule has 28 heavy (non-hydrogen) atoms. The van der Waals surface area contributed by atoms with Gasteiger partial charge in [0.2, 0.25) is 0 Å². The van der Waals surface area contributed by atoms with Crippen LogP contribution in [0.1, 0.15) is 18.2 Å². The van der Waals surface area contributed by atoms with E-state index in [2.05, 4.69) is 15.0 Å². The van der Waals surface area contributed by atoms with Crippen molar-refractivity contribution in [1.29, 1.82) is 0 Å². The van der Waals surface area contributed by atoms with Crippen molar-refractivity contribution >= 4 is 51.8 Å². The van der Waals surface area contributed by atoms with E-state index in [9.17, 15) is 4.55 Å². The quantitative estimate of drug-likeness (QED) is 0.329. The summed E-state index contributed by atoms with van der Waals surface area (Å²) >= 11 is -1.35. The molecule has 2 heterocycles. The molecule has 1 unspecified atom stereocenters. The molecule has 0 radical (unpaired) electrons. The van der Waals surface area contributed by atoms with Crippen molar-refractivity contribution in [2.24, 2.45) is 0 Å². The first-order chi connectivity index (χ1) is 13.1. The van der Waals surface area contributed by atoms with Crippen LogP contribution in [0.2, 0.25) is 0 Å². The molecule has 0 bridgehead atoms. The average molecular weight is 413 g/mol. The van der Waals surface area contributed by atoms with E-state index in [1.54, 1.807) is 19.4 Å². The van der Waals surface area contributed by atoms with Gasteiger partial charge in [-0.1, -0.05) is 0 Å². The van der Waals surface area contributed by atoms with E-state index < -0.39 is 11.2 Å². The molecular weight excluding hydrogens is 389 g/mol. The average Bonchev–Trinajstić information content (AvgIpc) is 3.11. The maximum atomic E-state index is 12.8. The standard InChI is InChI=1S/C19H23N3O4S.Na.H/c1-4-25-9-10-26-18-7-8-20-17(13(18)2)12-27(23)19-21-15-6-5-14(24-3)11-16(15)22-19;;/h5-8,11H,4,9-10,12H2,1-3H3,(H,21,22);;. The van der Waals surface area contributed by atoms with Gasteiger partial charge in [-0.3, -0.25) is 9.97 Å². The molecule has 0 aliphatic rings. The Morgan fingerprint density at radius 3 is 2.79 bits per heavy atom. The molecule has 2 aromatic heterocycles. The second kappa shape index (κ2) is 11.0. The Bertz CT molecular complexity index is 906. The zero-order valence-corrected chi connectivity index (χ0v) is 16.5. The number of methoxy groups -OCH3 is 1. The normalized spacial score (nSPS) is 11.9. The molecule has 0 aliphatic heterocycles. The second-order valence-electron chi connectivity index (χ2n) is 5.84. The predicted octanol–water partition coefficient (Wildman–Crippen LogP) is 2.35. The van der Waals surface area contributed by atoms with Crippen LogP contribution >= 0.6 is 0 Å². The fourth-order valence-electron chi connectivity index (χ4n) is 2.61. The number of nitrogens with one attached hydrogen (secondary N) is 1. The molecule has 0 fully saturated rings. The zero-order chi connectivity index (χ0) is 19.2. The van der Waals surface area contributed by atoms with Gasteiger partial charge in [-0.15, -0.1) is 0 Å². The second-order valence-corrected chi connectivity index (χ2v) is 7.21. The van der Waals surface area contributed by atoms with Crippen LogP contribution in [0.15, 0.2) is 35.6 Å². The van der Waals surface area contributed by atoms with Gasteiger partial charge < -0.3 is 18.8 Å². The van der Waals surface area contributed by atoms with Crippen molar-refractivity contribution in [3.8, 4) is 11.5 Å². The van der Waals surface area contributed by atoms with Gasteiger partial charge in [0.05, 0.1) is 30.4 Å². The van der Waals surface area contributed by atoms with Gasteiger partial charge >= 0.3 is 34.7 Å². The summed E-state index contributed by atoms with van der Waals surface area (Å²) in [6.07, 6.45) is 1.67. The van der Waals surface area contributed by atoms with Crippen molar-refractivity contribution < 1.29 is 18.8 Å². The van der Waals surface area contributed by atoms with E-state index in [4.69, 9.17) is 14.2 Å². The third-order valence-corrected chi connectivity index (χ3v) is 5.26. The molecule has 146 valence electrons. The third-order valence-electron chi connectivity index (χ3n) is 4.10. The molecule has 3 aromatic rings. The molecule has 1 atom stereocenters. The summed E-state index contributed by atoms with van der Waals surface area (Å²) in [4.78, 5) is 11.9.